The number of aliphatic hydroxyl groups excluding tert-OH is 1. The van der Waals surface area contributed by atoms with Crippen molar-refractivity contribution in [3.8, 4) is 0 Å². The molecule has 204 valence electrons. The van der Waals surface area contributed by atoms with E-state index in [1.54, 1.807) is 62.4 Å². The number of aliphatic hydroxyl groups is 1. The van der Waals surface area contributed by atoms with Crippen molar-refractivity contribution in [1.29, 1.82) is 0 Å². The Morgan fingerprint density at radius 3 is 2.08 bits per heavy atom. The number of benzene rings is 2. The van der Waals surface area contributed by atoms with Crippen LogP contribution in [0.15, 0.2) is 60.7 Å². The van der Waals surface area contributed by atoms with E-state index in [2.05, 4.69) is 0 Å². The SMILES string of the molecule is CC1(C)O[C@H]2O[C@H](CO)[C@H](O[C@@H]3C[C@H](COC(=O)c4ccccc4)[C@@H](COC(=O)c4ccccc4)O3)[C@H]2O1. The third-order valence-corrected chi connectivity index (χ3v) is 6.75. The maximum absolute atomic E-state index is 12.5. The van der Waals surface area contributed by atoms with E-state index >= 15 is 0 Å². The molecule has 10 heteroatoms. The number of fused-ring (bicyclic) bond motifs is 1. The molecule has 0 unspecified atom stereocenters. The van der Waals surface area contributed by atoms with Crippen LogP contribution in [0.1, 0.15) is 41.0 Å². The molecule has 3 saturated heterocycles. The van der Waals surface area contributed by atoms with Gasteiger partial charge in [-0.2, -0.15) is 0 Å². The van der Waals surface area contributed by atoms with Crippen LogP contribution < -0.4 is 0 Å². The summed E-state index contributed by atoms with van der Waals surface area (Å²) in [4.78, 5) is 25.1. The largest absolute Gasteiger partial charge is 0.462 e. The molecule has 7 atom stereocenters. The first-order chi connectivity index (χ1) is 18.3. The number of hydrogen-bond acceptors (Lipinski definition) is 10. The van der Waals surface area contributed by atoms with E-state index in [0.29, 0.717) is 17.5 Å². The predicted molar refractivity (Wildman–Crippen MR) is 131 cm³/mol. The van der Waals surface area contributed by atoms with Crippen LogP contribution in [0, 0.1) is 5.92 Å². The van der Waals surface area contributed by atoms with Crippen molar-refractivity contribution in [2.75, 3.05) is 19.8 Å². The number of esters is 2. The van der Waals surface area contributed by atoms with Crippen LogP contribution >= 0.6 is 0 Å². The zero-order valence-corrected chi connectivity index (χ0v) is 21.3. The summed E-state index contributed by atoms with van der Waals surface area (Å²) in [7, 11) is 0. The van der Waals surface area contributed by atoms with Crippen LogP contribution in [0.4, 0.5) is 0 Å². The molecule has 2 aromatic carbocycles. The lowest BCUT2D eigenvalue weighted by Gasteiger charge is -2.27. The fourth-order valence-corrected chi connectivity index (χ4v) is 4.89. The second-order valence-electron chi connectivity index (χ2n) is 9.96. The quantitative estimate of drug-likeness (QED) is 0.487. The van der Waals surface area contributed by atoms with Gasteiger partial charge in [0, 0.05) is 12.3 Å². The molecule has 5 rings (SSSR count). The van der Waals surface area contributed by atoms with Gasteiger partial charge in [0.15, 0.2) is 18.4 Å². The summed E-state index contributed by atoms with van der Waals surface area (Å²) in [5.41, 5.74) is 0.860. The topological polar surface area (TPSA) is 119 Å². The van der Waals surface area contributed by atoms with Crippen LogP contribution in [-0.2, 0) is 33.2 Å². The monoisotopic (exact) mass is 528 g/mol. The molecule has 1 N–H and O–H groups in total. The molecule has 10 nitrogen and oxygen atoms in total. The van der Waals surface area contributed by atoms with E-state index in [1.165, 1.54) is 0 Å². The maximum atomic E-state index is 12.5. The Morgan fingerprint density at radius 2 is 1.47 bits per heavy atom. The second kappa shape index (κ2) is 11.5. The summed E-state index contributed by atoms with van der Waals surface area (Å²) < 4.78 is 41.0. The lowest BCUT2D eigenvalue weighted by atomic mass is 10.0. The van der Waals surface area contributed by atoms with Crippen LogP contribution in [0.5, 0.6) is 0 Å². The normalized spacial score (nSPS) is 31.6. The standard InChI is InChI=1S/C28H32O10/c1-28(2)37-24-23(20(14-29)35-27(24)38-28)36-22-13-19(15-32-25(30)17-9-5-3-6-10-17)21(34-22)16-33-26(31)18-11-7-4-8-12-18/h3-12,19-24,27,29H,13-16H2,1-2H3/t19-,20-,21-,22-,23+,24-,27-/m1/s1. The third-order valence-electron chi connectivity index (χ3n) is 6.75. The van der Waals surface area contributed by atoms with Gasteiger partial charge >= 0.3 is 11.9 Å². The highest BCUT2D eigenvalue weighted by molar-refractivity contribution is 5.89. The minimum Gasteiger partial charge on any atom is -0.462 e. The van der Waals surface area contributed by atoms with E-state index in [-0.39, 0.29) is 25.7 Å². The molecule has 3 heterocycles. The Labute approximate surface area is 220 Å². The molecule has 0 aliphatic carbocycles. The van der Waals surface area contributed by atoms with Crippen molar-refractivity contribution < 1.29 is 47.9 Å². The molecule has 0 spiro atoms. The van der Waals surface area contributed by atoms with Crippen LogP contribution in [0.25, 0.3) is 0 Å². The molecule has 0 radical (unpaired) electrons. The smallest absolute Gasteiger partial charge is 0.338 e. The molecule has 3 aliphatic heterocycles. The van der Waals surface area contributed by atoms with Crippen molar-refractivity contribution in [2.24, 2.45) is 5.92 Å². The Morgan fingerprint density at radius 1 is 0.868 bits per heavy atom. The van der Waals surface area contributed by atoms with Crippen molar-refractivity contribution in [3.05, 3.63) is 71.8 Å². The Kier molecular flexibility index (Phi) is 8.08. The number of carbonyl (C=O) groups excluding carboxylic acids is 2. The summed E-state index contributed by atoms with van der Waals surface area (Å²) in [6, 6.07) is 17.3. The maximum Gasteiger partial charge on any atom is 0.338 e. The number of ether oxygens (including phenoxy) is 7. The van der Waals surface area contributed by atoms with E-state index in [1.807, 2.05) is 12.1 Å². The van der Waals surface area contributed by atoms with Gasteiger partial charge in [-0.25, -0.2) is 9.59 Å². The molecule has 38 heavy (non-hydrogen) atoms. The first kappa shape index (κ1) is 26.7. The molecule has 3 fully saturated rings. The van der Waals surface area contributed by atoms with Crippen molar-refractivity contribution >= 4 is 11.9 Å². The lowest BCUT2D eigenvalue weighted by molar-refractivity contribution is -0.242. The summed E-state index contributed by atoms with van der Waals surface area (Å²) in [5, 5.41) is 9.83. The third kappa shape index (κ3) is 6.06. The van der Waals surface area contributed by atoms with Gasteiger partial charge in [0.25, 0.3) is 0 Å². The summed E-state index contributed by atoms with van der Waals surface area (Å²) >= 11 is 0. The van der Waals surface area contributed by atoms with Gasteiger partial charge in [-0.1, -0.05) is 36.4 Å². The highest BCUT2D eigenvalue weighted by Gasteiger charge is 2.56. The molecular weight excluding hydrogens is 496 g/mol. The Bertz CT molecular complexity index is 1030. The van der Waals surface area contributed by atoms with Gasteiger partial charge < -0.3 is 38.3 Å². The highest BCUT2D eigenvalue weighted by atomic mass is 16.8. The zero-order chi connectivity index (χ0) is 26.7. The molecule has 0 aromatic heterocycles. The lowest BCUT2D eigenvalue weighted by Crippen LogP contribution is -2.41. The fraction of sp³-hybridized carbons (Fsp3) is 0.500. The van der Waals surface area contributed by atoms with Crippen LogP contribution in [-0.4, -0.2) is 79.6 Å². The van der Waals surface area contributed by atoms with E-state index in [0.717, 1.165) is 0 Å². The first-order valence-electron chi connectivity index (χ1n) is 12.7. The molecule has 0 bridgehead atoms. The van der Waals surface area contributed by atoms with E-state index in [9.17, 15) is 14.7 Å². The summed E-state index contributed by atoms with van der Waals surface area (Å²) in [6.45, 7) is 3.27. The number of carbonyl (C=O) groups is 2. The molecule has 2 aromatic rings. The van der Waals surface area contributed by atoms with Crippen molar-refractivity contribution in [3.63, 3.8) is 0 Å². The minimum atomic E-state index is -0.851. The first-order valence-corrected chi connectivity index (χ1v) is 12.7. The van der Waals surface area contributed by atoms with E-state index < -0.39 is 54.7 Å². The van der Waals surface area contributed by atoms with E-state index in [4.69, 9.17) is 33.2 Å². The van der Waals surface area contributed by atoms with Crippen LogP contribution in [0.2, 0.25) is 0 Å². The summed E-state index contributed by atoms with van der Waals surface area (Å²) in [5.74, 6) is -2.10. The average molecular weight is 529 g/mol. The average Bonchev–Trinajstić information content (AvgIpc) is 3.56. The summed E-state index contributed by atoms with van der Waals surface area (Å²) in [6.07, 6.45) is -3.46. The zero-order valence-electron chi connectivity index (χ0n) is 21.3. The fourth-order valence-electron chi connectivity index (χ4n) is 4.89. The molecule has 0 amide bonds. The molecule has 3 aliphatic rings. The number of rotatable bonds is 9. The van der Waals surface area contributed by atoms with Gasteiger partial charge in [0.2, 0.25) is 0 Å². The molecular formula is C28H32O10. The second-order valence-corrected chi connectivity index (χ2v) is 9.96. The molecule has 0 saturated carbocycles. The van der Waals surface area contributed by atoms with Crippen molar-refractivity contribution in [2.45, 2.75) is 63.1 Å². The van der Waals surface area contributed by atoms with Gasteiger partial charge in [-0.05, 0) is 38.1 Å². The van der Waals surface area contributed by atoms with Crippen molar-refractivity contribution in [1.82, 2.24) is 0 Å². The predicted octanol–water partition coefficient (Wildman–Crippen LogP) is 2.69. The Balaban J connectivity index is 1.24. The van der Waals surface area contributed by atoms with Crippen LogP contribution in [0.3, 0.4) is 0 Å². The van der Waals surface area contributed by atoms with Gasteiger partial charge in [0.05, 0.1) is 24.3 Å². The van der Waals surface area contributed by atoms with Gasteiger partial charge in [-0.3, -0.25) is 0 Å². The number of hydrogen-bond donors (Lipinski definition) is 1. The Hall–Kier alpha value is -2.86. The van der Waals surface area contributed by atoms with Gasteiger partial charge in [-0.15, -0.1) is 0 Å². The highest BCUT2D eigenvalue weighted by Crippen LogP contribution is 2.40. The minimum absolute atomic E-state index is 0.0461. The van der Waals surface area contributed by atoms with Gasteiger partial charge in [0.1, 0.15) is 31.0 Å².